The van der Waals surface area contributed by atoms with E-state index in [2.05, 4.69) is 5.32 Å². The van der Waals surface area contributed by atoms with Crippen LogP contribution in [0.1, 0.15) is 16.6 Å². The van der Waals surface area contributed by atoms with Crippen molar-refractivity contribution in [3.05, 3.63) is 46.4 Å². The Bertz CT molecular complexity index is 818. The topological polar surface area (TPSA) is 75.7 Å². The van der Waals surface area contributed by atoms with Crippen LogP contribution in [0, 0.1) is 5.82 Å². The van der Waals surface area contributed by atoms with Crippen LogP contribution in [0.5, 0.6) is 0 Å². The summed E-state index contributed by atoms with van der Waals surface area (Å²) in [5.41, 5.74) is 1.28. The van der Waals surface area contributed by atoms with Gasteiger partial charge in [-0.05, 0) is 36.1 Å². The molecule has 1 N–H and O–H groups in total. The third kappa shape index (κ3) is 3.53. The first kappa shape index (κ1) is 17.1. The molecular weight excluding hydrogens is 347 g/mol. The van der Waals surface area contributed by atoms with Crippen molar-refractivity contribution >= 4 is 29.2 Å². The zero-order valence-corrected chi connectivity index (χ0v) is 14.1. The van der Waals surface area contributed by atoms with E-state index >= 15 is 0 Å². The third-order valence-electron chi connectivity index (χ3n) is 3.76. The molecule has 3 rings (SSSR count). The minimum atomic E-state index is -1.08. The molecule has 1 aliphatic rings. The Labute approximate surface area is 147 Å². The lowest BCUT2D eigenvalue weighted by Crippen LogP contribution is -2.41. The summed E-state index contributed by atoms with van der Waals surface area (Å²) < 4.78 is 18.3. The van der Waals surface area contributed by atoms with E-state index in [1.165, 1.54) is 30.4 Å². The number of esters is 1. The van der Waals surface area contributed by atoms with Gasteiger partial charge in [0.25, 0.3) is 5.91 Å². The van der Waals surface area contributed by atoms with Crippen molar-refractivity contribution in [3.8, 4) is 11.1 Å². The summed E-state index contributed by atoms with van der Waals surface area (Å²) in [6.45, 7) is 2.06. The van der Waals surface area contributed by atoms with Gasteiger partial charge in [0.05, 0.1) is 0 Å². The summed E-state index contributed by atoms with van der Waals surface area (Å²) in [6, 6.07) is 6.99. The Morgan fingerprint density at radius 3 is 2.64 bits per heavy atom. The first-order valence-corrected chi connectivity index (χ1v) is 8.49. The van der Waals surface area contributed by atoms with E-state index in [0.717, 1.165) is 4.90 Å². The first-order chi connectivity index (χ1) is 12.0. The quantitative estimate of drug-likeness (QED) is 0.849. The number of halogens is 1. The molecule has 25 heavy (non-hydrogen) atoms. The van der Waals surface area contributed by atoms with Gasteiger partial charge in [-0.15, -0.1) is 11.3 Å². The molecule has 8 heteroatoms. The standard InChI is InChI=1S/C17H15FN2O4S/c1-10(15(21)20-8-7-19-17(20)23)24-16(22)14-13(6-9-25-14)11-2-4-12(18)5-3-11/h2-6,9-10H,7-8H2,1H3,(H,19,23)/t10-/m1/s1. The van der Waals surface area contributed by atoms with Gasteiger partial charge in [-0.1, -0.05) is 12.1 Å². The van der Waals surface area contributed by atoms with Gasteiger partial charge in [-0.3, -0.25) is 9.69 Å². The molecule has 6 nitrogen and oxygen atoms in total. The highest BCUT2D eigenvalue weighted by Gasteiger charge is 2.32. The number of thiophene rings is 1. The van der Waals surface area contributed by atoms with E-state index in [-0.39, 0.29) is 12.4 Å². The molecule has 0 bridgehead atoms. The maximum atomic E-state index is 13.1. The van der Waals surface area contributed by atoms with Gasteiger partial charge in [0.2, 0.25) is 0 Å². The summed E-state index contributed by atoms with van der Waals surface area (Å²) >= 11 is 1.17. The predicted octanol–water partition coefficient (Wildman–Crippen LogP) is 2.65. The molecule has 0 aliphatic carbocycles. The Morgan fingerprint density at radius 1 is 1.28 bits per heavy atom. The number of imide groups is 1. The van der Waals surface area contributed by atoms with Gasteiger partial charge >= 0.3 is 12.0 Å². The maximum absolute atomic E-state index is 13.1. The summed E-state index contributed by atoms with van der Waals surface area (Å²) in [7, 11) is 0. The number of rotatable bonds is 4. The summed E-state index contributed by atoms with van der Waals surface area (Å²) in [5.74, 6) is -1.59. The number of nitrogens with zero attached hydrogens (tertiary/aromatic N) is 1. The lowest BCUT2D eigenvalue weighted by Gasteiger charge is -2.18. The molecule has 1 atom stereocenters. The lowest BCUT2D eigenvalue weighted by molar-refractivity contribution is -0.135. The van der Waals surface area contributed by atoms with Gasteiger partial charge in [0.1, 0.15) is 10.7 Å². The fourth-order valence-corrected chi connectivity index (χ4v) is 3.29. The highest BCUT2D eigenvalue weighted by atomic mass is 32.1. The van der Waals surface area contributed by atoms with Gasteiger partial charge in [0, 0.05) is 18.7 Å². The number of amides is 3. The molecule has 0 unspecified atom stereocenters. The van der Waals surface area contributed by atoms with Crippen LogP contribution in [0.2, 0.25) is 0 Å². The fourth-order valence-electron chi connectivity index (χ4n) is 2.49. The lowest BCUT2D eigenvalue weighted by atomic mass is 10.1. The number of ether oxygens (including phenoxy) is 1. The van der Waals surface area contributed by atoms with Crippen molar-refractivity contribution in [2.75, 3.05) is 13.1 Å². The number of hydrogen-bond donors (Lipinski definition) is 1. The van der Waals surface area contributed by atoms with Crippen LogP contribution < -0.4 is 5.32 Å². The van der Waals surface area contributed by atoms with Crippen LogP contribution in [0.25, 0.3) is 11.1 Å². The average molecular weight is 362 g/mol. The van der Waals surface area contributed by atoms with Crippen LogP contribution in [-0.2, 0) is 9.53 Å². The number of benzene rings is 1. The normalized spacial score (nSPS) is 15.0. The maximum Gasteiger partial charge on any atom is 0.349 e. The van der Waals surface area contributed by atoms with E-state index in [1.54, 1.807) is 23.6 Å². The summed E-state index contributed by atoms with van der Waals surface area (Å²) in [5, 5.41) is 4.24. The molecule has 2 heterocycles. The molecule has 0 spiro atoms. The Morgan fingerprint density at radius 2 is 2.00 bits per heavy atom. The van der Waals surface area contributed by atoms with Crippen molar-refractivity contribution in [2.45, 2.75) is 13.0 Å². The molecule has 1 fully saturated rings. The van der Waals surface area contributed by atoms with Crippen molar-refractivity contribution in [1.29, 1.82) is 0 Å². The number of carbonyl (C=O) groups excluding carboxylic acids is 3. The van der Waals surface area contributed by atoms with E-state index < -0.39 is 24.0 Å². The smallest absolute Gasteiger partial charge is 0.349 e. The zero-order chi connectivity index (χ0) is 18.0. The molecule has 0 saturated carbocycles. The number of nitrogens with one attached hydrogen (secondary N) is 1. The van der Waals surface area contributed by atoms with Gasteiger partial charge < -0.3 is 10.1 Å². The molecule has 1 aromatic heterocycles. The van der Waals surface area contributed by atoms with Crippen molar-refractivity contribution in [1.82, 2.24) is 10.2 Å². The van der Waals surface area contributed by atoms with Crippen molar-refractivity contribution in [3.63, 3.8) is 0 Å². The number of urea groups is 1. The number of carbonyl (C=O) groups is 3. The molecule has 2 aromatic rings. The molecule has 1 aromatic carbocycles. The first-order valence-electron chi connectivity index (χ1n) is 7.61. The molecule has 1 saturated heterocycles. The second kappa shape index (κ2) is 7.02. The van der Waals surface area contributed by atoms with E-state index in [0.29, 0.717) is 22.5 Å². The Hall–Kier alpha value is -2.74. The van der Waals surface area contributed by atoms with Gasteiger partial charge in [-0.2, -0.15) is 0 Å². The Balaban J connectivity index is 1.74. The van der Waals surface area contributed by atoms with Crippen LogP contribution in [0.4, 0.5) is 9.18 Å². The fraction of sp³-hybridized carbons (Fsp3) is 0.235. The summed E-state index contributed by atoms with van der Waals surface area (Å²) in [4.78, 5) is 37.5. The van der Waals surface area contributed by atoms with Crippen LogP contribution >= 0.6 is 11.3 Å². The zero-order valence-electron chi connectivity index (χ0n) is 13.3. The summed E-state index contributed by atoms with van der Waals surface area (Å²) in [6.07, 6.45) is -1.08. The van der Waals surface area contributed by atoms with Gasteiger partial charge in [-0.25, -0.2) is 14.0 Å². The molecule has 1 aliphatic heterocycles. The van der Waals surface area contributed by atoms with E-state index in [4.69, 9.17) is 4.74 Å². The Kier molecular flexibility index (Phi) is 4.80. The van der Waals surface area contributed by atoms with Crippen LogP contribution in [0.3, 0.4) is 0 Å². The van der Waals surface area contributed by atoms with E-state index in [1.807, 2.05) is 0 Å². The predicted molar refractivity (Wildman–Crippen MR) is 89.7 cm³/mol. The van der Waals surface area contributed by atoms with E-state index in [9.17, 15) is 18.8 Å². The highest BCUT2D eigenvalue weighted by molar-refractivity contribution is 7.12. The van der Waals surface area contributed by atoms with Crippen LogP contribution in [-0.4, -0.2) is 42.0 Å². The number of hydrogen-bond acceptors (Lipinski definition) is 5. The SMILES string of the molecule is C[C@@H](OC(=O)c1sccc1-c1ccc(F)cc1)C(=O)N1CCNC1=O. The highest BCUT2D eigenvalue weighted by Crippen LogP contribution is 2.29. The third-order valence-corrected chi connectivity index (χ3v) is 4.65. The second-order valence-electron chi connectivity index (χ2n) is 5.44. The van der Waals surface area contributed by atoms with Crippen LogP contribution in [0.15, 0.2) is 35.7 Å². The molecule has 3 amide bonds. The molecule has 0 radical (unpaired) electrons. The minimum absolute atomic E-state index is 0.249. The van der Waals surface area contributed by atoms with Crippen molar-refractivity contribution in [2.24, 2.45) is 0 Å². The van der Waals surface area contributed by atoms with Crippen molar-refractivity contribution < 1.29 is 23.5 Å². The minimum Gasteiger partial charge on any atom is -0.448 e. The average Bonchev–Trinajstić information content (AvgIpc) is 3.23. The second-order valence-corrected chi connectivity index (χ2v) is 6.36. The largest absolute Gasteiger partial charge is 0.448 e. The monoisotopic (exact) mass is 362 g/mol. The molecule has 130 valence electrons. The molecular formula is C17H15FN2O4S. The van der Waals surface area contributed by atoms with Gasteiger partial charge in [0.15, 0.2) is 6.10 Å².